The molecule has 0 aliphatic heterocycles. The van der Waals surface area contributed by atoms with Gasteiger partial charge in [-0.15, -0.1) is 0 Å². The van der Waals surface area contributed by atoms with Crippen LogP contribution in [0.5, 0.6) is 0 Å². The van der Waals surface area contributed by atoms with Crippen molar-refractivity contribution in [2.24, 2.45) is 0 Å². The van der Waals surface area contributed by atoms with Gasteiger partial charge < -0.3 is 10.0 Å². The molecule has 0 aliphatic carbocycles. The van der Waals surface area contributed by atoms with Crippen molar-refractivity contribution in [3.05, 3.63) is 31.8 Å². The van der Waals surface area contributed by atoms with Gasteiger partial charge in [0.05, 0.1) is 12.0 Å². The normalized spacial score (nSPS) is 12.0. The Balaban J connectivity index is 3.01. The monoisotopic (exact) mass is 439 g/mol. The Morgan fingerprint density at radius 2 is 2.11 bits per heavy atom. The summed E-state index contributed by atoms with van der Waals surface area (Å²) in [5, 5.41) is 8.83. The first-order valence-electron chi connectivity index (χ1n) is 5.84. The highest BCUT2D eigenvalue weighted by Crippen LogP contribution is 2.21. The number of hydrogen-bond acceptors (Lipinski definition) is 2. The number of carboxylic acids is 1. The molecule has 1 aromatic carbocycles. The van der Waals surface area contributed by atoms with Crippen LogP contribution in [-0.2, 0) is 4.79 Å². The topological polar surface area (TPSA) is 57.6 Å². The van der Waals surface area contributed by atoms with Crippen molar-refractivity contribution < 1.29 is 14.7 Å². The van der Waals surface area contributed by atoms with Gasteiger partial charge >= 0.3 is 5.97 Å². The molecule has 0 saturated carbocycles. The lowest BCUT2D eigenvalue weighted by Crippen LogP contribution is -2.40. The number of carboxylic acid groups (broad SMARTS) is 1. The Labute approximate surface area is 134 Å². The Kier molecular flexibility index (Phi) is 6.25. The van der Waals surface area contributed by atoms with E-state index in [4.69, 9.17) is 5.11 Å². The molecule has 0 radical (unpaired) electrons. The molecule has 1 unspecified atom stereocenters. The zero-order valence-corrected chi connectivity index (χ0v) is 14.4. The number of hydrogen-bond donors (Lipinski definition) is 1. The lowest BCUT2D eigenvalue weighted by atomic mass is 10.1. The van der Waals surface area contributed by atoms with Crippen molar-refractivity contribution in [1.82, 2.24) is 4.90 Å². The summed E-state index contributed by atoms with van der Waals surface area (Å²) >= 11 is 5.45. The van der Waals surface area contributed by atoms with E-state index in [2.05, 4.69) is 38.5 Å². The van der Waals surface area contributed by atoms with Gasteiger partial charge in [-0.25, -0.2) is 0 Å². The fourth-order valence-electron chi connectivity index (χ4n) is 1.83. The van der Waals surface area contributed by atoms with E-state index in [1.54, 1.807) is 17.9 Å². The third kappa shape index (κ3) is 4.45. The van der Waals surface area contributed by atoms with Crippen LogP contribution < -0.4 is 0 Å². The molecule has 0 heterocycles. The van der Waals surface area contributed by atoms with Crippen LogP contribution >= 0.6 is 38.5 Å². The molecule has 0 spiro atoms. The van der Waals surface area contributed by atoms with Crippen molar-refractivity contribution in [1.29, 1.82) is 0 Å². The van der Waals surface area contributed by atoms with Crippen LogP contribution in [0.2, 0.25) is 0 Å². The zero-order chi connectivity index (χ0) is 14.6. The molecule has 0 saturated heterocycles. The van der Waals surface area contributed by atoms with Gasteiger partial charge in [0, 0.05) is 20.6 Å². The third-order valence-corrected chi connectivity index (χ3v) is 4.20. The number of benzene rings is 1. The number of carbonyl (C=O) groups excluding carboxylic acids is 1. The Morgan fingerprint density at radius 3 is 2.63 bits per heavy atom. The lowest BCUT2D eigenvalue weighted by Gasteiger charge is -2.27. The van der Waals surface area contributed by atoms with Gasteiger partial charge in [0.15, 0.2) is 0 Å². The van der Waals surface area contributed by atoms with E-state index in [1.165, 1.54) is 0 Å². The minimum atomic E-state index is -0.900. The summed E-state index contributed by atoms with van der Waals surface area (Å²) in [6, 6.07) is 5.16. The van der Waals surface area contributed by atoms with Crippen LogP contribution in [-0.4, -0.2) is 34.5 Å². The quantitative estimate of drug-likeness (QED) is 0.715. The summed E-state index contributed by atoms with van der Waals surface area (Å²) in [5.74, 6) is -1.04. The van der Waals surface area contributed by atoms with E-state index in [0.29, 0.717) is 12.1 Å². The summed E-state index contributed by atoms with van der Waals surface area (Å²) in [5.41, 5.74) is 0.592. The molecule has 4 nitrogen and oxygen atoms in total. The second-order valence-electron chi connectivity index (χ2n) is 4.16. The van der Waals surface area contributed by atoms with Gasteiger partial charge in [0.25, 0.3) is 5.91 Å². The van der Waals surface area contributed by atoms with Crippen molar-refractivity contribution in [3.63, 3.8) is 0 Å². The second kappa shape index (κ2) is 7.23. The van der Waals surface area contributed by atoms with Gasteiger partial charge in [-0.3, -0.25) is 9.59 Å². The van der Waals surface area contributed by atoms with Crippen LogP contribution in [0, 0.1) is 3.57 Å². The van der Waals surface area contributed by atoms with Crippen LogP contribution in [0.4, 0.5) is 0 Å². The maximum absolute atomic E-state index is 12.5. The summed E-state index contributed by atoms with van der Waals surface area (Å²) < 4.78 is 1.69. The molecule has 1 amide bonds. The predicted molar refractivity (Wildman–Crippen MR) is 85.3 cm³/mol. The molecule has 1 aromatic rings. The molecular formula is C13H15BrINO3. The second-order valence-corrected chi connectivity index (χ2v) is 6.24. The van der Waals surface area contributed by atoms with Crippen molar-refractivity contribution in [2.45, 2.75) is 26.3 Å². The average molecular weight is 440 g/mol. The summed E-state index contributed by atoms with van der Waals surface area (Å²) in [4.78, 5) is 24.8. The van der Waals surface area contributed by atoms with E-state index >= 15 is 0 Å². The molecule has 19 heavy (non-hydrogen) atoms. The van der Waals surface area contributed by atoms with Crippen molar-refractivity contribution in [3.8, 4) is 0 Å². The minimum Gasteiger partial charge on any atom is -0.481 e. The third-order valence-electron chi connectivity index (χ3n) is 2.76. The molecule has 104 valence electrons. The van der Waals surface area contributed by atoms with Gasteiger partial charge in [-0.1, -0.05) is 15.9 Å². The molecule has 0 aliphatic rings. The maximum atomic E-state index is 12.5. The highest BCUT2D eigenvalue weighted by molar-refractivity contribution is 14.1. The van der Waals surface area contributed by atoms with Crippen LogP contribution in [0.3, 0.4) is 0 Å². The molecule has 1 atom stereocenters. The molecule has 1 rings (SSSR count). The fraction of sp³-hybridized carbons (Fsp3) is 0.385. The first-order chi connectivity index (χ1) is 8.86. The average Bonchev–Trinajstić information content (AvgIpc) is 2.32. The van der Waals surface area contributed by atoms with Gasteiger partial charge in [-0.2, -0.15) is 0 Å². The Bertz CT molecular complexity index is 493. The number of nitrogens with zero attached hydrogens (tertiary/aromatic N) is 1. The van der Waals surface area contributed by atoms with Crippen LogP contribution in [0.1, 0.15) is 30.6 Å². The lowest BCUT2D eigenvalue weighted by molar-refractivity contribution is -0.138. The number of rotatable bonds is 5. The zero-order valence-electron chi connectivity index (χ0n) is 10.7. The maximum Gasteiger partial charge on any atom is 0.305 e. The Hall–Kier alpha value is -0.630. The number of halogens is 2. The molecule has 0 bridgehead atoms. The largest absolute Gasteiger partial charge is 0.481 e. The van der Waals surface area contributed by atoms with E-state index in [0.717, 1.165) is 8.04 Å². The van der Waals surface area contributed by atoms with E-state index in [1.807, 2.05) is 19.1 Å². The molecule has 0 fully saturated rings. The number of aliphatic carboxylic acids is 1. The first-order valence-corrected chi connectivity index (χ1v) is 7.71. The fourth-order valence-corrected chi connectivity index (χ4v) is 2.76. The van der Waals surface area contributed by atoms with Crippen LogP contribution in [0.25, 0.3) is 0 Å². The SMILES string of the molecule is CCN(C(=O)c1cc(Br)ccc1I)C(C)CC(=O)O. The number of amides is 1. The van der Waals surface area contributed by atoms with Gasteiger partial charge in [0.1, 0.15) is 0 Å². The summed E-state index contributed by atoms with van der Waals surface area (Å²) in [7, 11) is 0. The number of carbonyl (C=O) groups is 2. The van der Waals surface area contributed by atoms with E-state index < -0.39 is 5.97 Å². The van der Waals surface area contributed by atoms with Gasteiger partial charge in [0.2, 0.25) is 0 Å². The molecule has 6 heteroatoms. The highest BCUT2D eigenvalue weighted by Gasteiger charge is 2.23. The van der Waals surface area contributed by atoms with Gasteiger partial charge in [-0.05, 0) is 54.6 Å². The molecule has 1 N–H and O–H groups in total. The van der Waals surface area contributed by atoms with Crippen molar-refractivity contribution in [2.75, 3.05) is 6.54 Å². The van der Waals surface area contributed by atoms with Crippen LogP contribution in [0.15, 0.2) is 22.7 Å². The van der Waals surface area contributed by atoms with E-state index in [-0.39, 0.29) is 18.4 Å². The highest BCUT2D eigenvalue weighted by atomic mass is 127. The Morgan fingerprint density at radius 1 is 1.47 bits per heavy atom. The molecular weight excluding hydrogens is 425 g/mol. The predicted octanol–water partition coefficient (Wildman–Crippen LogP) is 3.38. The first kappa shape index (κ1) is 16.4. The van der Waals surface area contributed by atoms with E-state index in [9.17, 15) is 9.59 Å². The van der Waals surface area contributed by atoms with Crippen molar-refractivity contribution >= 4 is 50.4 Å². The molecule has 0 aromatic heterocycles. The standard InChI is InChI=1S/C13H15BrINO3/c1-3-16(8(2)6-12(17)18)13(19)10-7-9(14)4-5-11(10)15/h4-5,7-8H,3,6H2,1-2H3,(H,17,18). The summed E-state index contributed by atoms with van der Waals surface area (Å²) in [6.45, 7) is 4.08. The minimum absolute atomic E-state index is 0.0514. The smallest absolute Gasteiger partial charge is 0.305 e. The summed E-state index contributed by atoms with van der Waals surface area (Å²) in [6.07, 6.45) is -0.0514.